The van der Waals surface area contributed by atoms with Crippen molar-refractivity contribution in [3.8, 4) is 5.69 Å². The van der Waals surface area contributed by atoms with Gasteiger partial charge < -0.3 is 5.32 Å². The van der Waals surface area contributed by atoms with E-state index in [1.807, 2.05) is 44.2 Å². The van der Waals surface area contributed by atoms with E-state index in [1.165, 1.54) is 17.8 Å². The molecule has 4 nitrogen and oxygen atoms in total. The van der Waals surface area contributed by atoms with Crippen LogP contribution in [0.15, 0.2) is 54.6 Å². The smallest absolute Gasteiger partial charge is 0.322 e. The first-order valence-corrected chi connectivity index (χ1v) is 10.1. The predicted octanol–water partition coefficient (Wildman–Crippen LogP) is 5.38. The molecule has 0 aliphatic rings. The summed E-state index contributed by atoms with van der Waals surface area (Å²) in [7, 11) is 0. The van der Waals surface area contributed by atoms with Crippen LogP contribution in [-0.4, -0.2) is 21.4 Å². The molecule has 0 saturated heterocycles. The van der Waals surface area contributed by atoms with Gasteiger partial charge in [0.1, 0.15) is 0 Å². The molecular formula is C21H20F3N3OS. The lowest BCUT2D eigenvalue weighted by atomic mass is 10.1. The number of thioether (sulfide) groups is 1. The van der Waals surface area contributed by atoms with Crippen molar-refractivity contribution in [2.24, 2.45) is 0 Å². The van der Waals surface area contributed by atoms with Gasteiger partial charge in [-0.1, -0.05) is 36.4 Å². The topological polar surface area (TPSA) is 46.9 Å². The number of nitrogens with one attached hydrogen (secondary N) is 1. The molecule has 0 fully saturated rings. The van der Waals surface area contributed by atoms with Crippen molar-refractivity contribution >= 4 is 23.4 Å². The second-order valence-corrected chi connectivity index (χ2v) is 7.52. The third kappa shape index (κ3) is 5.20. The van der Waals surface area contributed by atoms with Crippen molar-refractivity contribution in [3.63, 3.8) is 0 Å². The van der Waals surface area contributed by atoms with Gasteiger partial charge in [0.15, 0.2) is 0 Å². The van der Waals surface area contributed by atoms with E-state index in [-0.39, 0.29) is 11.7 Å². The molecule has 0 atom stereocenters. The number of halogens is 3. The molecule has 0 aliphatic carbocycles. The molecule has 0 unspecified atom stereocenters. The molecule has 3 rings (SSSR count). The zero-order chi connectivity index (χ0) is 21.0. The van der Waals surface area contributed by atoms with Crippen molar-refractivity contribution in [1.82, 2.24) is 9.78 Å². The molecule has 2 aromatic carbocycles. The zero-order valence-electron chi connectivity index (χ0n) is 16.0. The lowest BCUT2D eigenvalue weighted by Crippen LogP contribution is -2.15. The van der Waals surface area contributed by atoms with Crippen LogP contribution in [0.3, 0.4) is 0 Å². The Hall–Kier alpha value is -2.74. The van der Waals surface area contributed by atoms with E-state index in [4.69, 9.17) is 0 Å². The van der Waals surface area contributed by atoms with Gasteiger partial charge in [-0.15, -0.1) is 11.8 Å². The molecule has 8 heteroatoms. The Balaban J connectivity index is 1.60. The highest BCUT2D eigenvalue weighted by Crippen LogP contribution is 2.30. The number of alkyl halides is 3. The Morgan fingerprint density at radius 2 is 1.83 bits per heavy atom. The predicted molar refractivity (Wildman–Crippen MR) is 109 cm³/mol. The quantitative estimate of drug-likeness (QED) is 0.584. The van der Waals surface area contributed by atoms with Gasteiger partial charge in [-0.3, -0.25) is 4.79 Å². The standard InChI is InChI=1S/C21H20F3N3OS/c1-14-20(15(2)27(26-14)18-9-4-3-5-10-18)25-19(28)13-29-12-16-7-6-8-17(11-16)21(22,23)24/h3-11H,12-13H2,1-2H3,(H,25,28). The first-order chi connectivity index (χ1) is 13.8. The lowest BCUT2D eigenvalue weighted by molar-refractivity contribution is -0.137. The highest BCUT2D eigenvalue weighted by Gasteiger charge is 2.30. The number of carbonyl (C=O) groups is 1. The van der Waals surface area contributed by atoms with Gasteiger partial charge in [-0.05, 0) is 37.6 Å². The van der Waals surface area contributed by atoms with E-state index in [0.29, 0.717) is 22.7 Å². The Bertz CT molecular complexity index is 1000. The summed E-state index contributed by atoms with van der Waals surface area (Å²) in [5.74, 6) is 0.227. The first-order valence-electron chi connectivity index (χ1n) is 8.91. The molecule has 1 N–H and O–H groups in total. The van der Waals surface area contributed by atoms with Gasteiger partial charge >= 0.3 is 6.18 Å². The number of carbonyl (C=O) groups excluding carboxylic acids is 1. The number of hydrogen-bond donors (Lipinski definition) is 1. The minimum absolute atomic E-state index is 0.131. The van der Waals surface area contributed by atoms with Gasteiger partial charge in [-0.2, -0.15) is 18.3 Å². The zero-order valence-corrected chi connectivity index (χ0v) is 16.8. The summed E-state index contributed by atoms with van der Waals surface area (Å²) in [6.45, 7) is 3.69. The normalized spacial score (nSPS) is 11.5. The monoisotopic (exact) mass is 419 g/mol. The Labute approximate surface area is 171 Å². The number of hydrogen-bond acceptors (Lipinski definition) is 3. The molecular weight excluding hydrogens is 399 g/mol. The number of para-hydroxylation sites is 1. The molecule has 0 bridgehead atoms. The van der Waals surface area contributed by atoms with Crippen LogP contribution in [0.2, 0.25) is 0 Å². The molecule has 0 saturated carbocycles. The van der Waals surface area contributed by atoms with Crippen molar-refractivity contribution < 1.29 is 18.0 Å². The molecule has 1 amide bonds. The van der Waals surface area contributed by atoms with Crippen molar-refractivity contribution in [2.45, 2.75) is 25.8 Å². The van der Waals surface area contributed by atoms with Crippen LogP contribution in [0, 0.1) is 13.8 Å². The van der Waals surface area contributed by atoms with Crippen LogP contribution in [-0.2, 0) is 16.7 Å². The van der Waals surface area contributed by atoms with Crippen LogP contribution in [0.25, 0.3) is 5.69 Å². The average molecular weight is 419 g/mol. The molecule has 1 heterocycles. The number of aromatic nitrogens is 2. The van der Waals surface area contributed by atoms with Gasteiger partial charge in [-0.25, -0.2) is 4.68 Å². The van der Waals surface area contributed by atoms with Crippen LogP contribution < -0.4 is 5.32 Å². The number of aryl methyl sites for hydroxylation is 1. The van der Waals surface area contributed by atoms with Gasteiger partial charge in [0, 0.05) is 5.75 Å². The third-order valence-electron chi connectivity index (χ3n) is 4.31. The molecule has 152 valence electrons. The Kier molecular flexibility index (Phi) is 6.32. The summed E-state index contributed by atoms with van der Waals surface area (Å²) < 4.78 is 40.1. The molecule has 1 aromatic heterocycles. The maximum atomic E-state index is 12.8. The van der Waals surface area contributed by atoms with E-state index < -0.39 is 11.7 Å². The summed E-state index contributed by atoms with van der Waals surface area (Å²) in [6.07, 6.45) is -4.37. The molecule has 0 radical (unpaired) electrons. The molecule has 0 aliphatic heterocycles. The SMILES string of the molecule is Cc1nn(-c2ccccc2)c(C)c1NC(=O)CSCc1cccc(C(F)(F)F)c1. The molecule has 3 aromatic rings. The number of benzene rings is 2. The highest BCUT2D eigenvalue weighted by atomic mass is 32.2. The maximum Gasteiger partial charge on any atom is 0.416 e. The summed E-state index contributed by atoms with van der Waals surface area (Å²) in [4.78, 5) is 12.3. The van der Waals surface area contributed by atoms with Crippen molar-refractivity contribution in [1.29, 1.82) is 0 Å². The Morgan fingerprint density at radius 3 is 2.52 bits per heavy atom. The average Bonchev–Trinajstić information content (AvgIpc) is 2.96. The highest BCUT2D eigenvalue weighted by molar-refractivity contribution is 7.99. The largest absolute Gasteiger partial charge is 0.416 e. The fraction of sp³-hybridized carbons (Fsp3) is 0.238. The lowest BCUT2D eigenvalue weighted by Gasteiger charge is -2.09. The first kappa shape index (κ1) is 21.0. The number of rotatable bonds is 6. The number of amides is 1. The van der Waals surface area contributed by atoms with Gasteiger partial charge in [0.25, 0.3) is 0 Å². The van der Waals surface area contributed by atoms with Crippen molar-refractivity contribution in [3.05, 3.63) is 77.1 Å². The number of nitrogens with zero attached hydrogens (tertiary/aromatic N) is 2. The maximum absolute atomic E-state index is 12.8. The summed E-state index contributed by atoms with van der Waals surface area (Å²) in [5, 5.41) is 7.35. The van der Waals surface area contributed by atoms with Crippen LogP contribution in [0.4, 0.5) is 18.9 Å². The summed E-state index contributed by atoms with van der Waals surface area (Å²) in [5.41, 5.74) is 2.90. The number of anilines is 1. The van der Waals surface area contributed by atoms with Crippen LogP contribution >= 0.6 is 11.8 Å². The summed E-state index contributed by atoms with van der Waals surface area (Å²) >= 11 is 1.26. The van der Waals surface area contributed by atoms with Gasteiger partial charge in [0.05, 0.1) is 34.1 Å². The minimum Gasteiger partial charge on any atom is -0.322 e. The van der Waals surface area contributed by atoms with Crippen molar-refractivity contribution in [2.75, 3.05) is 11.1 Å². The summed E-state index contributed by atoms with van der Waals surface area (Å²) in [6, 6.07) is 14.7. The Morgan fingerprint density at radius 1 is 1.10 bits per heavy atom. The molecule has 0 spiro atoms. The van der Waals surface area contributed by atoms with E-state index >= 15 is 0 Å². The second-order valence-electron chi connectivity index (χ2n) is 6.53. The van der Waals surface area contributed by atoms with E-state index in [9.17, 15) is 18.0 Å². The van der Waals surface area contributed by atoms with E-state index in [2.05, 4.69) is 10.4 Å². The third-order valence-corrected chi connectivity index (χ3v) is 5.32. The second kappa shape index (κ2) is 8.73. The van der Waals surface area contributed by atoms with Gasteiger partial charge in [0.2, 0.25) is 5.91 Å². The van der Waals surface area contributed by atoms with E-state index in [0.717, 1.165) is 23.5 Å². The van der Waals surface area contributed by atoms with Crippen LogP contribution in [0.1, 0.15) is 22.5 Å². The van der Waals surface area contributed by atoms with E-state index in [1.54, 1.807) is 10.7 Å². The fourth-order valence-corrected chi connectivity index (χ4v) is 3.69. The molecule has 29 heavy (non-hydrogen) atoms. The minimum atomic E-state index is -4.37. The van der Waals surface area contributed by atoms with Crippen LogP contribution in [0.5, 0.6) is 0 Å². The fourth-order valence-electron chi connectivity index (χ4n) is 2.92.